The second kappa shape index (κ2) is 9.28. The Morgan fingerprint density at radius 1 is 1.57 bits per heavy atom. The highest BCUT2D eigenvalue weighted by molar-refractivity contribution is 4.33. The third-order valence-electron chi connectivity index (χ3n) is 0.264. The zero-order chi connectivity index (χ0) is 6.28. The van der Waals surface area contributed by atoms with Gasteiger partial charge in [-0.05, 0) is 6.92 Å². The van der Waals surface area contributed by atoms with Crippen LogP contribution in [0.25, 0.3) is 0 Å². The van der Waals surface area contributed by atoms with Gasteiger partial charge in [0.1, 0.15) is 0 Å². The van der Waals surface area contributed by atoms with E-state index in [1.54, 1.807) is 0 Å². The van der Waals surface area contributed by atoms with Crippen LogP contribution in [0.5, 0.6) is 0 Å². The first-order valence-electron chi connectivity index (χ1n) is 1.82. The van der Waals surface area contributed by atoms with E-state index >= 15 is 0 Å². The SMILES string of the molecule is CC(O)CO.NO. The van der Waals surface area contributed by atoms with Gasteiger partial charge in [-0.2, -0.15) is 0 Å². The summed E-state index contributed by atoms with van der Waals surface area (Å²) < 4.78 is 0. The van der Waals surface area contributed by atoms with Gasteiger partial charge in [-0.3, -0.25) is 0 Å². The minimum atomic E-state index is -0.560. The first-order chi connectivity index (χ1) is 3.27. The lowest BCUT2D eigenvalue weighted by molar-refractivity contribution is 0.110. The molecular weight excluding hydrogens is 98.0 g/mol. The van der Waals surface area contributed by atoms with Crippen molar-refractivity contribution in [3.63, 3.8) is 0 Å². The van der Waals surface area contributed by atoms with E-state index in [-0.39, 0.29) is 6.61 Å². The summed E-state index contributed by atoms with van der Waals surface area (Å²) in [6.45, 7) is 1.39. The van der Waals surface area contributed by atoms with Crippen molar-refractivity contribution in [3.05, 3.63) is 0 Å². The average Bonchev–Trinajstić information content (AvgIpc) is 1.73. The molecule has 0 bridgehead atoms. The van der Waals surface area contributed by atoms with Crippen molar-refractivity contribution in [2.24, 2.45) is 5.90 Å². The molecule has 0 aliphatic rings. The molecule has 0 aromatic carbocycles. The normalized spacial score (nSPS) is 11.6. The van der Waals surface area contributed by atoms with Crippen molar-refractivity contribution in [1.82, 2.24) is 0 Å². The van der Waals surface area contributed by atoms with E-state index < -0.39 is 6.10 Å². The van der Waals surface area contributed by atoms with E-state index in [1.807, 2.05) is 0 Å². The quantitative estimate of drug-likeness (QED) is 0.315. The van der Waals surface area contributed by atoms with E-state index in [9.17, 15) is 0 Å². The summed E-state index contributed by atoms with van der Waals surface area (Å²) in [6, 6.07) is 0. The zero-order valence-electron chi connectivity index (χ0n) is 4.20. The molecule has 0 aromatic rings. The number of aliphatic hydroxyl groups is 2. The maximum Gasteiger partial charge on any atom is 0.0742 e. The molecule has 5 N–H and O–H groups in total. The molecule has 0 aromatic heterocycles. The first-order valence-corrected chi connectivity index (χ1v) is 1.82. The number of aliphatic hydroxyl groups excluding tert-OH is 2. The molecule has 0 aliphatic carbocycles. The van der Waals surface area contributed by atoms with Gasteiger partial charge >= 0.3 is 0 Å². The molecule has 0 fully saturated rings. The van der Waals surface area contributed by atoms with Crippen LogP contribution in [0.15, 0.2) is 0 Å². The van der Waals surface area contributed by atoms with Crippen molar-refractivity contribution >= 4 is 0 Å². The fraction of sp³-hybridized carbons (Fsp3) is 1.00. The van der Waals surface area contributed by atoms with E-state index in [0.717, 1.165) is 0 Å². The summed E-state index contributed by atoms with van der Waals surface area (Å²) in [6.07, 6.45) is -0.560. The molecule has 4 heteroatoms. The molecule has 0 saturated heterocycles. The lowest BCUT2D eigenvalue weighted by atomic mass is 10.5. The molecule has 0 rings (SSSR count). The van der Waals surface area contributed by atoms with Crippen molar-refractivity contribution in [2.45, 2.75) is 13.0 Å². The molecule has 1 atom stereocenters. The van der Waals surface area contributed by atoms with Crippen LogP contribution in [-0.2, 0) is 0 Å². The zero-order valence-corrected chi connectivity index (χ0v) is 4.20. The van der Waals surface area contributed by atoms with Gasteiger partial charge in [-0.1, -0.05) is 0 Å². The van der Waals surface area contributed by atoms with Gasteiger partial charge in [0, 0.05) is 0 Å². The Balaban J connectivity index is 0. The van der Waals surface area contributed by atoms with Crippen LogP contribution in [0.1, 0.15) is 6.92 Å². The Morgan fingerprint density at radius 2 is 1.71 bits per heavy atom. The van der Waals surface area contributed by atoms with E-state index in [2.05, 4.69) is 5.90 Å². The highest BCUT2D eigenvalue weighted by Gasteiger charge is 1.83. The monoisotopic (exact) mass is 109 g/mol. The summed E-state index contributed by atoms with van der Waals surface area (Å²) >= 11 is 0. The molecule has 7 heavy (non-hydrogen) atoms. The number of rotatable bonds is 1. The van der Waals surface area contributed by atoms with Gasteiger partial charge in [-0.25, -0.2) is 5.90 Å². The van der Waals surface area contributed by atoms with Crippen LogP contribution >= 0.6 is 0 Å². The Bertz CT molecular complexity index is 24.1. The number of hydrogen-bond donors (Lipinski definition) is 4. The summed E-state index contributed by atoms with van der Waals surface area (Å²) in [5.41, 5.74) is 0. The second-order valence-corrected chi connectivity index (χ2v) is 1.03. The third-order valence-corrected chi connectivity index (χ3v) is 0.264. The van der Waals surface area contributed by atoms with Gasteiger partial charge in [-0.15, -0.1) is 0 Å². The van der Waals surface area contributed by atoms with E-state index in [1.165, 1.54) is 6.92 Å². The molecule has 0 heterocycles. The Kier molecular flexibility index (Phi) is 13.2. The molecule has 46 valence electrons. The summed E-state index contributed by atoms with van der Waals surface area (Å²) in [5, 5.41) is 22.5. The lowest BCUT2D eigenvalue weighted by Gasteiger charge is -1.90. The largest absolute Gasteiger partial charge is 0.394 e. The highest BCUT2D eigenvalue weighted by atomic mass is 16.4. The fourth-order valence-electron chi connectivity index (χ4n) is 0. The van der Waals surface area contributed by atoms with Crippen LogP contribution in [0.2, 0.25) is 0 Å². The molecule has 1 unspecified atom stereocenters. The smallest absolute Gasteiger partial charge is 0.0742 e. The van der Waals surface area contributed by atoms with Gasteiger partial charge in [0.25, 0.3) is 0 Å². The summed E-state index contributed by atoms with van der Waals surface area (Å²) in [5.74, 6) is 3.50. The molecule has 0 aliphatic heterocycles. The summed E-state index contributed by atoms with van der Waals surface area (Å²) in [4.78, 5) is 0. The van der Waals surface area contributed by atoms with Crippen molar-refractivity contribution in [2.75, 3.05) is 6.61 Å². The van der Waals surface area contributed by atoms with Crippen molar-refractivity contribution in [1.29, 1.82) is 0 Å². The first kappa shape index (κ1) is 9.96. The molecule has 0 radical (unpaired) electrons. The van der Waals surface area contributed by atoms with Gasteiger partial charge in [0.15, 0.2) is 0 Å². The topological polar surface area (TPSA) is 86.7 Å². The average molecular weight is 109 g/mol. The standard InChI is InChI=1S/C3H8O2.H3NO/c1-3(5)2-4;1-2/h3-5H,2H2,1H3;2H,1H2. The molecular formula is C3H11NO3. The molecule has 0 amide bonds. The van der Waals surface area contributed by atoms with E-state index in [0.29, 0.717) is 0 Å². The van der Waals surface area contributed by atoms with Crippen LogP contribution in [0.3, 0.4) is 0 Å². The Morgan fingerprint density at radius 3 is 1.71 bits per heavy atom. The van der Waals surface area contributed by atoms with Crippen LogP contribution < -0.4 is 5.90 Å². The second-order valence-electron chi connectivity index (χ2n) is 1.03. The molecule has 0 saturated carbocycles. The number of nitrogens with two attached hydrogens (primary N) is 1. The van der Waals surface area contributed by atoms with Crippen LogP contribution in [0.4, 0.5) is 0 Å². The van der Waals surface area contributed by atoms with Gasteiger partial charge < -0.3 is 15.4 Å². The third kappa shape index (κ3) is 25.4. The molecule has 0 spiro atoms. The minimum absolute atomic E-state index is 0.139. The number of hydrogen-bond acceptors (Lipinski definition) is 4. The van der Waals surface area contributed by atoms with Crippen molar-refractivity contribution in [3.8, 4) is 0 Å². The predicted octanol–water partition coefficient (Wildman–Crippen LogP) is -1.31. The van der Waals surface area contributed by atoms with E-state index in [4.69, 9.17) is 15.4 Å². The highest BCUT2D eigenvalue weighted by Crippen LogP contribution is 1.68. The maximum atomic E-state index is 8.11. The van der Waals surface area contributed by atoms with Crippen LogP contribution in [0, 0.1) is 0 Å². The maximum absolute atomic E-state index is 8.11. The predicted molar refractivity (Wildman–Crippen MR) is 24.7 cm³/mol. The Labute approximate surface area is 42.2 Å². The van der Waals surface area contributed by atoms with Gasteiger partial charge in [0.05, 0.1) is 12.7 Å². The van der Waals surface area contributed by atoms with Gasteiger partial charge in [0.2, 0.25) is 0 Å². The Hall–Kier alpha value is -0.160. The molecule has 4 nitrogen and oxygen atoms in total. The minimum Gasteiger partial charge on any atom is -0.394 e. The fourth-order valence-corrected chi connectivity index (χ4v) is 0. The summed E-state index contributed by atoms with van der Waals surface area (Å²) in [7, 11) is 0. The van der Waals surface area contributed by atoms with Crippen molar-refractivity contribution < 1.29 is 15.4 Å². The lowest BCUT2D eigenvalue weighted by Crippen LogP contribution is -2.03. The van der Waals surface area contributed by atoms with Crippen LogP contribution in [-0.4, -0.2) is 28.1 Å².